The van der Waals surface area contributed by atoms with E-state index >= 15 is 0 Å². The average Bonchev–Trinajstić information content (AvgIpc) is 3.05. The van der Waals surface area contributed by atoms with E-state index in [-0.39, 0.29) is 12.5 Å². The second-order valence-electron chi connectivity index (χ2n) is 5.38. The fraction of sp³-hybridized carbons (Fsp3) is 0.533. The molecule has 0 aliphatic carbocycles. The highest BCUT2D eigenvalue weighted by Crippen LogP contribution is 2.14. The van der Waals surface area contributed by atoms with Crippen LogP contribution in [-0.2, 0) is 17.8 Å². The van der Waals surface area contributed by atoms with Crippen molar-refractivity contribution in [3.8, 4) is 0 Å². The number of rotatable bonds is 8. The summed E-state index contributed by atoms with van der Waals surface area (Å²) in [6, 6.07) is 1.69. The molecule has 2 aromatic rings. The molecule has 0 saturated carbocycles. The molecule has 0 aliphatic rings. The minimum absolute atomic E-state index is 0.114. The number of nitrogens with zero attached hydrogens (tertiary/aromatic N) is 3. The van der Waals surface area contributed by atoms with Crippen LogP contribution in [0.25, 0.3) is 0 Å². The molecule has 0 saturated heterocycles. The molecular weight excluding hydrogens is 300 g/mol. The third-order valence-electron chi connectivity index (χ3n) is 3.08. The SMILES string of the molecule is CCCCc1nc(CN(C)CC(=O)Nc2cc(C)on2)cs1. The Bertz CT molecular complexity index is 608. The van der Waals surface area contributed by atoms with Crippen molar-refractivity contribution in [3.05, 3.63) is 27.9 Å². The van der Waals surface area contributed by atoms with Crippen LogP contribution in [0.1, 0.15) is 36.2 Å². The van der Waals surface area contributed by atoms with E-state index in [1.165, 1.54) is 17.8 Å². The molecule has 0 fully saturated rings. The summed E-state index contributed by atoms with van der Waals surface area (Å²) in [5.41, 5.74) is 1.02. The molecule has 2 aromatic heterocycles. The average molecular weight is 322 g/mol. The number of thiazole rings is 1. The highest BCUT2D eigenvalue weighted by molar-refractivity contribution is 7.09. The van der Waals surface area contributed by atoms with E-state index in [1.54, 1.807) is 24.3 Å². The number of aromatic nitrogens is 2. The molecule has 2 heterocycles. The lowest BCUT2D eigenvalue weighted by atomic mass is 10.3. The van der Waals surface area contributed by atoms with Gasteiger partial charge in [0.1, 0.15) is 5.76 Å². The van der Waals surface area contributed by atoms with E-state index in [0.29, 0.717) is 18.1 Å². The molecule has 6 nitrogen and oxygen atoms in total. The highest BCUT2D eigenvalue weighted by atomic mass is 32.1. The molecule has 0 bridgehead atoms. The third kappa shape index (κ3) is 5.23. The van der Waals surface area contributed by atoms with E-state index in [1.807, 2.05) is 11.9 Å². The Labute approximate surface area is 134 Å². The van der Waals surface area contributed by atoms with E-state index < -0.39 is 0 Å². The van der Waals surface area contributed by atoms with Gasteiger partial charge in [0.15, 0.2) is 5.82 Å². The lowest BCUT2D eigenvalue weighted by molar-refractivity contribution is -0.117. The molecule has 1 N–H and O–H groups in total. The van der Waals surface area contributed by atoms with Gasteiger partial charge in [-0.2, -0.15) is 0 Å². The van der Waals surface area contributed by atoms with Crippen LogP contribution < -0.4 is 5.32 Å². The van der Waals surface area contributed by atoms with Gasteiger partial charge >= 0.3 is 0 Å². The van der Waals surface area contributed by atoms with Gasteiger partial charge in [0, 0.05) is 18.0 Å². The maximum absolute atomic E-state index is 11.9. The van der Waals surface area contributed by atoms with Crippen LogP contribution >= 0.6 is 11.3 Å². The van der Waals surface area contributed by atoms with Crippen molar-refractivity contribution >= 4 is 23.1 Å². The van der Waals surface area contributed by atoms with Crippen LogP contribution in [-0.4, -0.2) is 34.5 Å². The van der Waals surface area contributed by atoms with Crippen molar-refractivity contribution in [3.63, 3.8) is 0 Å². The fourth-order valence-electron chi connectivity index (χ4n) is 2.05. The minimum Gasteiger partial charge on any atom is -0.360 e. The number of carbonyl (C=O) groups is 1. The van der Waals surface area contributed by atoms with Crippen molar-refractivity contribution in [2.24, 2.45) is 0 Å². The minimum atomic E-state index is -0.114. The van der Waals surface area contributed by atoms with Crippen molar-refractivity contribution < 1.29 is 9.32 Å². The Morgan fingerprint density at radius 2 is 2.32 bits per heavy atom. The van der Waals surface area contributed by atoms with Crippen LogP contribution in [0.4, 0.5) is 5.82 Å². The van der Waals surface area contributed by atoms with Crippen LogP contribution in [0.5, 0.6) is 0 Å². The number of hydrogen-bond donors (Lipinski definition) is 1. The normalized spacial score (nSPS) is 11.1. The lowest BCUT2D eigenvalue weighted by Crippen LogP contribution is -2.30. The summed E-state index contributed by atoms with van der Waals surface area (Å²) in [4.78, 5) is 18.4. The molecule has 2 rings (SSSR count). The van der Waals surface area contributed by atoms with Gasteiger partial charge in [0.05, 0.1) is 17.2 Å². The number of hydrogen-bond acceptors (Lipinski definition) is 6. The predicted molar refractivity (Wildman–Crippen MR) is 86.9 cm³/mol. The van der Waals surface area contributed by atoms with E-state index in [9.17, 15) is 4.79 Å². The molecule has 7 heteroatoms. The first-order valence-corrected chi connectivity index (χ1v) is 8.29. The smallest absolute Gasteiger partial charge is 0.239 e. The molecule has 0 spiro atoms. The first kappa shape index (κ1) is 16.6. The van der Waals surface area contributed by atoms with Crippen LogP contribution in [0.3, 0.4) is 0 Å². The number of unbranched alkanes of at least 4 members (excludes halogenated alkanes) is 1. The zero-order chi connectivity index (χ0) is 15.9. The zero-order valence-electron chi connectivity index (χ0n) is 13.3. The molecular formula is C15H22N4O2S. The van der Waals surface area contributed by atoms with Gasteiger partial charge in [-0.1, -0.05) is 18.5 Å². The van der Waals surface area contributed by atoms with Crippen molar-refractivity contribution in [1.29, 1.82) is 0 Å². The van der Waals surface area contributed by atoms with E-state index in [2.05, 4.69) is 27.8 Å². The molecule has 0 unspecified atom stereocenters. The maximum atomic E-state index is 11.9. The van der Waals surface area contributed by atoms with Gasteiger partial charge in [-0.25, -0.2) is 4.98 Å². The Balaban J connectivity index is 1.78. The Kier molecular flexibility index (Phi) is 6.09. The predicted octanol–water partition coefficient (Wildman–Crippen LogP) is 2.85. The molecule has 120 valence electrons. The van der Waals surface area contributed by atoms with E-state index in [4.69, 9.17) is 4.52 Å². The number of anilines is 1. The van der Waals surface area contributed by atoms with E-state index in [0.717, 1.165) is 12.1 Å². The Morgan fingerprint density at radius 3 is 3.00 bits per heavy atom. The summed E-state index contributed by atoms with van der Waals surface area (Å²) >= 11 is 1.70. The van der Waals surface area contributed by atoms with Gasteiger partial charge in [0.2, 0.25) is 5.91 Å². The first-order valence-electron chi connectivity index (χ1n) is 7.41. The van der Waals surface area contributed by atoms with Crippen LogP contribution in [0.2, 0.25) is 0 Å². The highest BCUT2D eigenvalue weighted by Gasteiger charge is 2.11. The zero-order valence-corrected chi connectivity index (χ0v) is 14.1. The molecule has 1 amide bonds. The number of carbonyl (C=O) groups excluding carboxylic acids is 1. The Hall–Kier alpha value is -1.73. The molecule has 0 radical (unpaired) electrons. The second kappa shape index (κ2) is 8.05. The Morgan fingerprint density at radius 1 is 1.50 bits per heavy atom. The van der Waals surface area contributed by atoms with Crippen LogP contribution in [0.15, 0.2) is 16.0 Å². The van der Waals surface area contributed by atoms with Gasteiger partial charge in [-0.15, -0.1) is 11.3 Å². The summed E-state index contributed by atoms with van der Waals surface area (Å²) in [6.07, 6.45) is 3.38. The quantitative estimate of drug-likeness (QED) is 0.809. The number of amides is 1. The summed E-state index contributed by atoms with van der Waals surface area (Å²) in [6.45, 7) is 4.91. The summed E-state index contributed by atoms with van der Waals surface area (Å²) in [7, 11) is 1.90. The molecule has 0 atom stereocenters. The molecule has 0 aromatic carbocycles. The van der Waals surface area contributed by atoms with Crippen LogP contribution in [0, 0.1) is 6.92 Å². The lowest BCUT2D eigenvalue weighted by Gasteiger charge is -2.14. The van der Waals surface area contributed by atoms with Crippen molar-refractivity contribution in [1.82, 2.24) is 15.0 Å². The van der Waals surface area contributed by atoms with Gasteiger partial charge in [-0.3, -0.25) is 9.69 Å². The largest absolute Gasteiger partial charge is 0.360 e. The summed E-state index contributed by atoms with van der Waals surface area (Å²) in [5, 5.41) is 9.70. The number of aryl methyl sites for hydroxylation is 2. The summed E-state index contributed by atoms with van der Waals surface area (Å²) < 4.78 is 4.91. The van der Waals surface area contributed by atoms with Gasteiger partial charge < -0.3 is 9.84 Å². The van der Waals surface area contributed by atoms with Crippen molar-refractivity contribution in [2.45, 2.75) is 39.7 Å². The van der Waals surface area contributed by atoms with Gasteiger partial charge in [0.25, 0.3) is 0 Å². The number of nitrogens with one attached hydrogen (secondary N) is 1. The number of likely N-dealkylation sites (N-methyl/N-ethyl adjacent to an activating group) is 1. The third-order valence-corrected chi connectivity index (χ3v) is 4.04. The maximum Gasteiger partial charge on any atom is 0.239 e. The monoisotopic (exact) mass is 322 g/mol. The summed E-state index contributed by atoms with van der Waals surface area (Å²) in [5.74, 6) is 1.01. The van der Waals surface area contributed by atoms with Gasteiger partial charge in [-0.05, 0) is 26.8 Å². The van der Waals surface area contributed by atoms with Crippen molar-refractivity contribution in [2.75, 3.05) is 18.9 Å². The molecule has 22 heavy (non-hydrogen) atoms. The first-order chi connectivity index (χ1) is 10.6. The molecule has 0 aliphatic heterocycles. The topological polar surface area (TPSA) is 71.3 Å². The second-order valence-corrected chi connectivity index (χ2v) is 6.32. The fourth-order valence-corrected chi connectivity index (χ4v) is 2.88. The standard InChI is InChI=1S/C15H22N4O2S/c1-4-5-6-15-16-12(10-22-15)8-19(3)9-14(20)17-13-7-11(2)21-18-13/h7,10H,4-6,8-9H2,1-3H3,(H,17,18,20).